The van der Waals surface area contributed by atoms with Gasteiger partial charge in [-0.25, -0.2) is 4.98 Å². The highest BCUT2D eigenvalue weighted by Crippen LogP contribution is 2.26. The quantitative estimate of drug-likeness (QED) is 0.705. The van der Waals surface area contributed by atoms with Gasteiger partial charge in [0, 0.05) is 25.1 Å². The molecular weight excluding hydrogens is 240 g/mol. The maximum atomic E-state index is 9.68. The monoisotopic (exact) mass is 252 g/mol. The molecule has 90 valence electrons. The number of hydrogen-bond donors (Lipinski definition) is 3. The third kappa shape index (κ3) is 3.18. The average molecular weight is 253 g/mol. The predicted octanol–water partition coefficient (Wildman–Crippen LogP) is 1.50. The number of rotatable bonds is 5. The van der Waals surface area contributed by atoms with Crippen LogP contribution in [0.2, 0.25) is 5.02 Å². The van der Waals surface area contributed by atoms with E-state index in [0.717, 1.165) is 24.4 Å². The molecule has 1 heterocycles. The van der Waals surface area contributed by atoms with Crippen LogP contribution in [0.1, 0.15) is 11.4 Å². The molecule has 2 rings (SSSR count). The zero-order valence-corrected chi connectivity index (χ0v) is 9.91. The van der Waals surface area contributed by atoms with E-state index in [0.29, 0.717) is 11.6 Å². The minimum Gasteiger partial charge on any atom is -0.506 e. The van der Waals surface area contributed by atoms with Crippen LogP contribution < -0.4 is 5.32 Å². The lowest BCUT2D eigenvalue weighted by Gasteiger charge is -2.06. The van der Waals surface area contributed by atoms with Crippen LogP contribution in [-0.4, -0.2) is 26.8 Å². The molecule has 0 aliphatic heterocycles. The average Bonchev–Trinajstić information content (AvgIpc) is 2.83. The molecule has 0 fully saturated rings. The van der Waals surface area contributed by atoms with Gasteiger partial charge in [-0.3, -0.25) is 5.10 Å². The number of phenols is 1. The van der Waals surface area contributed by atoms with E-state index in [2.05, 4.69) is 20.5 Å². The molecule has 0 radical (unpaired) electrons. The van der Waals surface area contributed by atoms with Crippen molar-refractivity contribution in [2.45, 2.75) is 13.0 Å². The lowest BCUT2D eigenvalue weighted by molar-refractivity contribution is 0.465. The minimum atomic E-state index is 0.140. The summed E-state index contributed by atoms with van der Waals surface area (Å²) in [5, 5.41) is 19.8. The van der Waals surface area contributed by atoms with Gasteiger partial charge in [-0.2, -0.15) is 5.10 Å². The zero-order chi connectivity index (χ0) is 12.1. The van der Waals surface area contributed by atoms with Gasteiger partial charge in [0.25, 0.3) is 0 Å². The van der Waals surface area contributed by atoms with Crippen molar-refractivity contribution in [1.82, 2.24) is 20.5 Å². The molecule has 0 spiro atoms. The topological polar surface area (TPSA) is 73.8 Å². The molecule has 17 heavy (non-hydrogen) atoms. The fraction of sp³-hybridized carbons (Fsp3) is 0.273. The number of nitrogens with one attached hydrogen (secondary N) is 2. The number of aromatic hydroxyl groups is 1. The van der Waals surface area contributed by atoms with Crippen molar-refractivity contribution in [3.8, 4) is 5.75 Å². The number of nitrogens with zero attached hydrogens (tertiary/aromatic N) is 2. The van der Waals surface area contributed by atoms with Crippen molar-refractivity contribution in [3.63, 3.8) is 0 Å². The number of aromatic nitrogens is 3. The molecule has 0 atom stereocenters. The van der Waals surface area contributed by atoms with Crippen LogP contribution in [0.4, 0.5) is 0 Å². The van der Waals surface area contributed by atoms with Crippen LogP contribution in [0.25, 0.3) is 0 Å². The first-order valence-corrected chi connectivity index (χ1v) is 5.66. The molecule has 0 saturated carbocycles. The zero-order valence-electron chi connectivity index (χ0n) is 9.15. The van der Waals surface area contributed by atoms with E-state index in [1.807, 2.05) is 12.1 Å². The van der Waals surface area contributed by atoms with Crippen LogP contribution in [0.5, 0.6) is 5.75 Å². The normalized spacial score (nSPS) is 10.6. The molecule has 2 aromatic rings. The van der Waals surface area contributed by atoms with Crippen LogP contribution >= 0.6 is 11.6 Å². The van der Waals surface area contributed by atoms with Crippen LogP contribution in [0.3, 0.4) is 0 Å². The Kier molecular flexibility index (Phi) is 3.95. The first-order valence-electron chi connectivity index (χ1n) is 5.28. The maximum Gasteiger partial charge on any atom is 0.138 e. The van der Waals surface area contributed by atoms with Gasteiger partial charge in [-0.1, -0.05) is 23.7 Å². The number of aromatic amines is 1. The Labute approximate surface area is 104 Å². The number of hydrogen-bond acceptors (Lipinski definition) is 4. The second-order valence-corrected chi connectivity index (χ2v) is 4.01. The highest BCUT2D eigenvalue weighted by molar-refractivity contribution is 6.32. The van der Waals surface area contributed by atoms with Crippen molar-refractivity contribution >= 4 is 11.6 Å². The number of phenolic OH excluding ortho intramolecular Hbond substituents is 1. The Bertz CT molecular complexity index is 472. The fourth-order valence-electron chi connectivity index (χ4n) is 1.48. The first kappa shape index (κ1) is 11.9. The molecule has 6 heteroatoms. The van der Waals surface area contributed by atoms with Gasteiger partial charge < -0.3 is 10.4 Å². The van der Waals surface area contributed by atoms with Crippen molar-refractivity contribution in [2.75, 3.05) is 6.54 Å². The molecule has 0 bridgehead atoms. The first-order chi connectivity index (χ1) is 8.27. The second-order valence-electron chi connectivity index (χ2n) is 3.61. The Morgan fingerprint density at radius 3 is 3.06 bits per heavy atom. The Balaban J connectivity index is 1.80. The summed E-state index contributed by atoms with van der Waals surface area (Å²) in [4.78, 5) is 4.02. The van der Waals surface area contributed by atoms with Crippen molar-refractivity contribution in [2.24, 2.45) is 0 Å². The van der Waals surface area contributed by atoms with Gasteiger partial charge in [-0.05, 0) is 6.07 Å². The SMILES string of the molecule is Oc1c(Cl)cccc1CNCCc1ncn[nH]1. The lowest BCUT2D eigenvalue weighted by atomic mass is 10.2. The van der Waals surface area contributed by atoms with E-state index < -0.39 is 0 Å². The van der Waals surface area contributed by atoms with E-state index in [1.54, 1.807) is 6.07 Å². The van der Waals surface area contributed by atoms with Gasteiger partial charge in [0.2, 0.25) is 0 Å². The second kappa shape index (κ2) is 5.65. The Morgan fingerprint density at radius 1 is 1.41 bits per heavy atom. The third-order valence-corrected chi connectivity index (χ3v) is 2.69. The van der Waals surface area contributed by atoms with Crippen molar-refractivity contribution < 1.29 is 5.11 Å². The molecule has 1 aromatic heterocycles. The number of H-pyrrole nitrogens is 1. The van der Waals surface area contributed by atoms with Crippen molar-refractivity contribution in [1.29, 1.82) is 0 Å². The molecule has 0 unspecified atom stereocenters. The van der Waals surface area contributed by atoms with E-state index in [9.17, 15) is 5.11 Å². The molecule has 0 aliphatic rings. The summed E-state index contributed by atoms with van der Waals surface area (Å²) in [6, 6.07) is 5.31. The highest BCUT2D eigenvalue weighted by Gasteiger charge is 2.04. The summed E-state index contributed by atoms with van der Waals surface area (Å²) in [6.07, 6.45) is 2.25. The third-order valence-electron chi connectivity index (χ3n) is 2.39. The number of para-hydroxylation sites is 1. The van der Waals surface area contributed by atoms with Gasteiger partial charge in [0.05, 0.1) is 5.02 Å². The van der Waals surface area contributed by atoms with Crippen LogP contribution in [0.15, 0.2) is 24.5 Å². The fourth-order valence-corrected chi connectivity index (χ4v) is 1.68. The van der Waals surface area contributed by atoms with Gasteiger partial charge in [0.1, 0.15) is 17.9 Å². The summed E-state index contributed by atoms with van der Waals surface area (Å²) in [5.41, 5.74) is 0.787. The largest absolute Gasteiger partial charge is 0.506 e. The Hall–Kier alpha value is -1.59. The summed E-state index contributed by atoms with van der Waals surface area (Å²) in [5.74, 6) is 0.981. The highest BCUT2D eigenvalue weighted by atomic mass is 35.5. The van der Waals surface area contributed by atoms with Crippen molar-refractivity contribution in [3.05, 3.63) is 40.9 Å². The predicted molar refractivity (Wildman–Crippen MR) is 64.9 cm³/mol. The van der Waals surface area contributed by atoms with E-state index >= 15 is 0 Å². The van der Waals surface area contributed by atoms with Gasteiger partial charge in [-0.15, -0.1) is 0 Å². The minimum absolute atomic E-state index is 0.140. The molecule has 0 saturated heterocycles. The molecule has 1 aromatic carbocycles. The summed E-state index contributed by atoms with van der Waals surface area (Å²) in [7, 11) is 0. The smallest absolute Gasteiger partial charge is 0.138 e. The number of halogens is 1. The summed E-state index contributed by atoms with van der Waals surface area (Å²) < 4.78 is 0. The van der Waals surface area contributed by atoms with E-state index in [4.69, 9.17) is 11.6 Å². The summed E-state index contributed by atoms with van der Waals surface area (Å²) >= 11 is 5.81. The molecule has 0 amide bonds. The molecule has 5 nitrogen and oxygen atoms in total. The van der Waals surface area contributed by atoms with Gasteiger partial charge >= 0.3 is 0 Å². The maximum absolute atomic E-state index is 9.68. The van der Waals surface area contributed by atoms with E-state index in [1.165, 1.54) is 6.33 Å². The van der Waals surface area contributed by atoms with Crippen LogP contribution in [-0.2, 0) is 13.0 Å². The Morgan fingerprint density at radius 2 is 2.29 bits per heavy atom. The summed E-state index contributed by atoms with van der Waals surface area (Å²) in [6.45, 7) is 1.32. The molecule has 0 aliphatic carbocycles. The molecule has 3 N–H and O–H groups in total. The standard InChI is InChI=1S/C11H13ClN4O/c12-9-3-1-2-8(11(9)17)6-13-5-4-10-14-7-15-16-10/h1-3,7,13,17H,4-6H2,(H,14,15,16). The van der Waals surface area contributed by atoms with Gasteiger partial charge in [0.15, 0.2) is 0 Å². The number of benzene rings is 1. The lowest BCUT2D eigenvalue weighted by Crippen LogP contribution is -2.17. The molecular formula is C11H13ClN4O. The van der Waals surface area contributed by atoms with Crippen LogP contribution in [0, 0.1) is 0 Å². The van der Waals surface area contributed by atoms with E-state index in [-0.39, 0.29) is 5.75 Å².